The fourth-order valence-corrected chi connectivity index (χ4v) is 5.31. The van der Waals surface area contributed by atoms with Gasteiger partial charge in [-0.25, -0.2) is 9.97 Å². The first kappa shape index (κ1) is 21.6. The third-order valence-electron chi connectivity index (χ3n) is 5.10. The number of thiazole rings is 1. The number of para-hydroxylation sites is 1. The van der Waals surface area contributed by atoms with Crippen LogP contribution >= 0.6 is 23.1 Å². The Balaban J connectivity index is 1.65. The van der Waals surface area contributed by atoms with E-state index in [-0.39, 0.29) is 5.91 Å². The van der Waals surface area contributed by atoms with E-state index < -0.39 is 0 Å². The van der Waals surface area contributed by atoms with Gasteiger partial charge >= 0.3 is 0 Å². The molecular formula is C24H26N4OS2. The number of hydrogen-bond donors (Lipinski definition) is 0. The van der Waals surface area contributed by atoms with Gasteiger partial charge in [-0.05, 0) is 48.4 Å². The summed E-state index contributed by atoms with van der Waals surface area (Å²) in [6.07, 6.45) is 7.28. The summed E-state index contributed by atoms with van der Waals surface area (Å²) in [5, 5.41) is 0.764. The molecule has 2 heterocycles. The van der Waals surface area contributed by atoms with Gasteiger partial charge in [0, 0.05) is 35.9 Å². The van der Waals surface area contributed by atoms with Crippen molar-refractivity contribution in [3.05, 3.63) is 72.3 Å². The topological polar surface area (TPSA) is 51.0 Å². The summed E-state index contributed by atoms with van der Waals surface area (Å²) in [6, 6.07) is 14.2. The molecule has 1 amide bonds. The number of carbonyl (C=O) groups is 1. The minimum atomic E-state index is 0.00119. The third-order valence-corrected chi connectivity index (χ3v) is 7.02. The molecular weight excluding hydrogens is 424 g/mol. The molecule has 0 saturated heterocycles. The Morgan fingerprint density at radius 3 is 2.84 bits per heavy atom. The molecule has 2 aromatic heterocycles. The summed E-state index contributed by atoms with van der Waals surface area (Å²) in [7, 11) is 0. The Hall–Kier alpha value is -2.64. The summed E-state index contributed by atoms with van der Waals surface area (Å²) >= 11 is 3.34. The molecule has 7 heteroatoms. The van der Waals surface area contributed by atoms with Crippen molar-refractivity contribution >= 4 is 44.4 Å². The van der Waals surface area contributed by atoms with E-state index in [1.165, 1.54) is 5.56 Å². The average molecular weight is 451 g/mol. The number of rotatable bonds is 9. The van der Waals surface area contributed by atoms with Gasteiger partial charge in [0.05, 0.1) is 16.5 Å². The maximum absolute atomic E-state index is 13.6. The van der Waals surface area contributed by atoms with E-state index in [1.807, 2.05) is 40.2 Å². The van der Waals surface area contributed by atoms with Crippen molar-refractivity contribution in [2.24, 2.45) is 0 Å². The lowest BCUT2D eigenvalue weighted by Crippen LogP contribution is -2.32. The Bertz CT molecular complexity index is 1150. The highest BCUT2D eigenvalue weighted by Gasteiger charge is 2.22. The lowest BCUT2D eigenvalue weighted by Gasteiger charge is -2.20. The van der Waals surface area contributed by atoms with Gasteiger partial charge in [0.15, 0.2) is 5.13 Å². The van der Waals surface area contributed by atoms with Crippen molar-refractivity contribution in [3.63, 3.8) is 0 Å². The molecule has 4 rings (SSSR count). The van der Waals surface area contributed by atoms with Crippen molar-refractivity contribution in [1.29, 1.82) is 0 Å². The van der Waals surface area contributed by atoms with Gasteiger partial charge in [-0.3, -0.25) is 9.69 Å². The van der Waals surface area contributed by atoms with E-state index in [4.69, 9.17) is 4.98 Å². The highest BCUT2D eigenvalue weighted by molar-refractivity contribution is 7.99. The van der Waals surface area contributed by atoms with Crippen LogP contribution in [0.2, 0.25) is 0 Å². The molecule has 0 aliphatic carbocycles. The Kier molecular flexibility index (Phi) is 7.04. The second-order valence-corrected chi connectivity index (χ2v) is 9.53. The zero-order chi connectivity index (χ0) is 21.6. The molecule has 4 aromatic rings. The normalized spacial score (nSPS) is 11.2. The molecule has 0 N–H and O–H groups in total. The van der Waals surface area contributed by atoms with Gasteiger partial charge in [0.2, 0.25) is 0 Å². The monoisotopic (exact) mass is 450 g/mol. The molecule has 0 aliphatic heterocycles. The minimum Gasteiger partial charge on any atom is -0.337 e. The smallest absolute Gasteiger partial charge is 0.260 e. The number of amides is 1. The fourth-order valence-electron chi connectivity index (χ4n) is 3.55. The first-order valence-corrected chi connectivity index (χ1v) is 12.4. The number of hydrogen-bond acceptors (Lipinski definition) is 5. The summed E-state index contributed by atoms with van der Waals surface area (Å²) in [5.74, 6) is 0.977. The molecule has 5 nitrogen and oxygen atoms in total. The van der Waals surface area contributed by atoms with Gasteiger partial charge in [-0.2, -0.15) is 0 Å². The van der Waals surface area contributed by atoms with Crippen LogP contribution in [0, 0.1) is 0 Å². The second-order valence-electron chi connectivity index (χ2n) is 7.19. The molecule has 0 fully saturated rings. The minimum absolute atomic E-state index is 0.00119. The van der Waals surface area contributed by atoms with Crippen molar-refractivity contribution < 1.29 is 4.79 Å². The fraction of sp³-hybridized carbons (Fsp3) is 0.292. The van der Waals surface area contributed by atoms with Gasteiger partial charge in [0.1, 0.15) is 0 Å². The van der Waals surface area contributed by atoms with E-state index >= 15 is 0 Å². The summed E-state index contributed by atoms with van der Waals surface area (Å²) < 4.78 is 3.16. The largest absolute Gasteiger partial charge is 0.337 e. The Morgan fingerprint density at radius 2 is 2.06 bits per heavy atom. The van der Waals surface area contributed by atoms with Crippen LogP contribution in [-0.4, -0.2) is 32.7 Å². The number of imidazole rings is 1. The molecule has 0 atom stereocenters. The van der Waals surface area contributed by atoms with Crippen molar-refractivity contribution in [2.75, 3.05) is 17.2 Å². The molecule has 0 bridgehead atoms. The van der Waals surface area contributed by atoms with Crippen LogP contribution in [0.1, 0.15) is 36.2 Å². The highest BCUT2D eigenvalue weighted by Crippen LogP contribution is 2.32. The van der Waals surface area contributed by atoms with Gasteiger partial charge in [-0.15, -0.1) is 11.8 Å². The van der Waals surface area contributed by atoms with Crippen LogP contribution in [0.25, 0.3) is 10.2 Å². The van der Waals surface area contributed by atoms with E-state index in [9.17, 15) is 4.79 Å². The van der Waals surface area contributed by atoms with E-state index in [0.29, 0.717) is 12.1 Å². The molecule has 0 aliphatic rings. The molecule has 0 unspecified atom stereocenters. The number of fused-ring (bicyclic) bond motifs is 1. The summed E-state index contributed by atoms with van der Waals surface area (Å²) in [5.41, 5.74) is 2.93. The van der Waals surface area contributed by atoms with Crippen LogP contribution in [0.5, 0.6) is 0 Å². The second kappa shape index (κ2) is 10.1. The zero-order valence-electron chi connectivity index (χ0n) is 17.8. The summed E-state index contributed by atoms with van der Waals surface area (Å²) in [4.78, 5) is 25.6. The number of anilines is 1. The molecule has 0 saturated carbocycles. The maximum Gasteiger partial charge on any atom is 0.260 e. The SMILES string of the molecule is CCSc1cccc(C(=O)N(CCCn2ccnc2)c2nc3c(CC)cccc3s2)c1. The molecule has 0 radical (unpaired) electrons. The Morgan fingerprint density at radius 1 is 1.19 bits per heavy atom. The number of aromatic nitrogens is 3. The van der Waals surface area contributed by atoms with E-state index in [2.05, 4.69) is 43.1 Å². The lowest BCUT2D eigenvalue weighted by atomic mass is 10.1. The van der Waals surface area contributed by atoms with E-state index in [1.54, 1.807) is 29.3 Å². The predicted molar refractivity (Wildman–Crippen MR) is 130 cm³/mol. The number of nitrogens with zero attached hydrogens (tertiary/aromatic N) is 4. The molecule has 31 heavy (non-hydrogen) atoms. The van der Waals surface area contributed by atoms with Crippen LogP contribution in [-0.2, 0) is 13.0 Å². The lowest BCUT2D eigenvalue weighted by molar-refractivity contribution is 0.0986. The van der Waals surface area contributed by atoms with Crippen molar-refractivity contribution in [2.45, 2.75) is 38.1 Å². The maximum atomic E-state index is 13.6. The standard InChI is InChI=1S/C24H26N4OS2/c1-3-18-8-6-11-21-22(18)26-24(31-21)28(14-7-13-27-15-12-25-17-27)23(29)19-9-5-10-20(16-19)30-4-2/h5-6,8-12,15-17H,3-4,7,13-14H2,1-2H3. The molecule has 0 spiro atoms. The number of benzene rings is 2. The van der Waals surface area contributed by atoms with E-state index in [0.717, 1.165) is 45.4 Å². The molecule has 160 valence electrons. The third kappa shape index (κ3) is 4.99. The van der Waals surface area contributed by atoms with Crippen LogP contribution in [0.15, 0.2) is 66.1 Å². The van der Waals surface area contributed by atoms with Crippen LogP contribution in [0.4, 0.5) is 5.13 Å². The summed E-state index contributed by atoms with van der Waals surface area (Å²) in [6.45, 7) is 5.66. The number of carbonyl (C=O) groups excluding carboxylic acids is 1. The van der Waals surface area contributed by atoms with Gasteiger partial charge in [-0.1, -0.05) is 43.4 Å². The average Bonchev–Trinajstić information content (AvgIpc) is 3.46. The van der Waals surface area contributed by atoms with Crippen LogP contribution in [0.3, 0.4) is 0 Å². The first-order valence-electron chi connectivity index (χ1n) is 10.6. The highest BCUT2D eigenvalue weighted by atomic mass is 32.2. The number of aryl methyl sites for hydroxylation is 2. The Labute approximate surface area is 191 Å². The first-order chi connectivity index (χ1) is 15.2. The predicted octanol–water partition coefficient (Wildman–Crippen LogP) is 5.90. The van der Waals surface area contributed by atoms with Crippen molar-refractivity contribution in [3.8, 4) is 0 Å². The number of thioether (sulfide) groups is 1. The zero-order valence-corrected chi connectivity index (χ0v) is 19.5. The van der Waals surface area contributed by atoms with Crippen molar-refractivity contribution in [1.82, 2.24) is 14.5 Å². The van der Waals surface area contributed by atoms with Gasteiger partial charge < -0.3 is 4.57 Å². The van der Waals surface area contributed by atoms with Crippen LogP contribution < -0.4 is 4.90 Å². The molecule has 2 aromatic carbocycles. The quantitative estimate of drug-likeness (QED) is 0.298. The van der Waals surface area contributed by atoms with Gasteiger partial charge in [0.25, 0.3) is 5.91 Å².